The Morgan fingerprint density at radius 1 is 0.467 bits per heavy atom. The van der Waals surface area contributed by atoms with E-state index in [1.54, 1.807) is 47.9 Å². The predicted molar refractivity (Wildman–Crippen MR) is 474 cm³/mol. The summed E-state index contributed by atoms with van der Waals surface area (Å²) in [5, 5.41) is 3.39. The molecule has 1 fully saturated rings. The Morgan fingerprint density at radius 2 is 0.943 bits per heavy atom. The van der Waals surface area contributed by atoms with Gasteiger partial charge in [-0.1, -0.05) is 147 Å². The molecule has 1 aliphatic carbocycles. The number of amides is 4. The Bertz CT molecular complexity index is 5590. The molecule has 27 heteroatoms. The summed E-state index contributed by atoms with van der Waals surface area (Å²) < 4.78 is 71.8. The molecular formula is C95H112BrF4N17O5. The molecule has 1 aliphatic rings. The van der Waals surface area contributed by atoms with E-state index in [-0.39, 0.29) is 48.3 Å². The predicted octanol–water partition coefficient (Wildman–Crippen LogP) is 19.9. The number of benzene rings is 5. The highest BCUT2D eigenvalue weighted by Crippen LogP contribution is 2.35. The number of aromatic nitrogens is 12. The zero-order chi connectivity index (χ0) is 86.8. The van der Waals surface area contributed by atoms with E-state index >= 15 is 0 Å². The lowest BCUT2D eigenvalue weighted by molar-refractivity contribution is 0.0700. The average Bonchev–Trinajstić information content (AvgIpc) is 1.63. The van der Waals surface area contributed by atoms with Crippen molar-refractivity contribution in [3.8, 4) is 5.75 Å². The third-order valence-electron chi connectivity index (χ3n) is 20.7. The zero-order valence-corrected chi connectivity index (χ0v) is 73.1. The summed E-state index contributed by atoms with van der Waals surface area (Å²) in [5.41, 5.74) is 8.36. The minimum atomic E-state index is -1.47. The number of fused-ring (bicyclic) bond motifs is 4. The van der Waals surface area contributed by atoms with Gasteiger partial charge in [-0.15, -0.1) is 0 Å². The highest BCUT2D eigenvalue weighted by Gasteiger charge is 2.32. The first-order valence-electron chi connectivity index (χ1n) is 42.6. The van der Waals surface area contributed by atoms with Gasteiger partial charge in [0.05, 0.1) is 31.7 Å². The molecule has 0 atom stereocenters. The molecule has 5 aromatic carbocycles. The van der Waals surface area contributed by atoms with E-state index in [0.29, 0.717) is 98.5 Å². The normalized spacial score (nSPS) is 12.1. The molecule has 4 amide bonds. The van der Waals surface area contributed by atoms with Gasteiger partial charge in [0.2, 0.25) is 0 Å². The summed E-state index contributed by atoms with van der Waals surface area (Å²) >= 11 is 3.44. The van der Waals surface area contributed by atoms with Crippen molar-refractivity contribution >= 4 is 84.2 Å². The van der Waals surface area contributed by atoms with Crippen molar-refractivity contribution < 1.29 is 41.5 Å². The summed E-state index contributed by atoms with van der Waals surface area (Å²) in [7, 11) is 0. The average molecular weight is 1730 g/mol. The van der Waals surface area contributed by atoms with E-state index in [2.05, 4.69) is 125 Å². The van der Waals surface area contributed by atoms with Gasteiger partial charge in [-0.3, -0.25) is 19.2 Å². The minimum Gasteiger partial charge on any atom is -0.492 e. The first-order chi connectivity index (χ1) is 59.1. The van der Waals surface area contributed by atoms with Crippen molar-refractivity contribution in [1.29, 1.82) is 0 Å². The highest BCUT2D eigenvalue weighted by molar-refractivity contribution is 9.10. The molecule has 0 spiro atoms. The summed E-state index contributed by atoms with van der Waals surface area (Å²) in [4.78, 5) is 96.6. The second kappa shape index (κ2) is 44.8. The molecule has 1 N–H and O–H groups in total. The SMILES string of the molecule is CC(C)CN(Cc1nc2cccnc2n1C1CCCC1)C(=O)c1c(F)ccc(F)c1F.CCCN(Cc1nc2cccnc2n1CCC)C(=O)c1ccccc1F.CCCn1c(CN(CC(C)C)C(=O)c2cccc(OCCNCc3ccccc3)c2)nc2cccnc21.CCCn1c(CN(CCC(C)C)C(=O)c2ccc(Br)cc2)nc2cccnc21. The maximum Gasteiger partial charge on any atom is 0.260 e. The largest absolute Gasteiger partial charge is 0.492 e. The number of ether oxygens (including phenoxy) is 1. The van der Waals surface area contributed by atoms with Crippen LogP contribution < -0.4 is 10.1 Å². The molecule has 1 saturated carbocycles. The van der Waals surface area contributed by atoms with Crippen LogP contribution in [0.4, 0.5) is 17.6 Å². The van der Waals surface area contributed by atoms with E-state index in [4.69, 9.17) is 14.7 Å². The summed E-state index contributed by atoms with van der Waals surface area (Å²) in [6.07, 6.45) is 15.8. The van der Waals surface area contributed by atoms with Gasteiger partial charge < -0.3 is 47.9 Å². The second-order valence-electron chi connectivity index (χ2n) is 31.8. The lowest BCUT2D eigenvalue weighted by atomic mass is 10.1. The molecule has 0 bridgehead atoms. The highest BCUT2D eigenvalue weighted by atomic mass is 79.9. The van der Waals surface area contributed by atoms with Crippen molar-refractivity contribution in [2.75, 3.05) is 39.3 Å². The Labute approximate surface area is 720 Å². The van der Waals surface area contributed by atoms with Crippen LogP contribution in [0.25, 0.3) is 44.7 Å². The third kappa shape index (κ3) is 24.0. The van der Waals surface area contributed by atoms with Crippen LogP contribution in [-0.2, 0) is 52.4 Å². The molecule has 14 rings (SSSR count). The molecular weight excluding hydrogens is 1620 g/mol. The molecule has 0 unspecified atom stereocenters. The third-order valence-corrected chi connectivity index (χ3v) is 21.2. The van der Waals surface area contributed by atoms with Crippen LogP contribution >= 0.6 is 15.9 Å². The van der Waals surface area contributed by atoms with Crippen LogP contribution in [0.3, 0.4) is 0 Å². The lowest BCUT2D eigenvalue weighted by Gasteiger charge is -2.26. The molecule has 22 nitrogen and oxygen atoms in total. The van der Waals surface area contributed by atoms with Crippen molar-refractivity contribution in [2.24, 2.45) is 17.8 Å². The van der Waals surface area contributed by atoms with E-state index in [0.717, 1.165) is 151 Å². The number of hydrogen-bond donors (Lipinski definition) is 1. The standard InChI is InChI=1S/C30H37N5O2.C23H25F3N4O.C22H27BrN4O.C20H23FN4O/c1-4-17-35-28(33-27-14-9-15-32-29(27)35)22-34(21-23(2)3)30(36)25-12-8-13-26(19-25)37-18-16-31-20-24-10-6-5-7-11-24;1-14(2)12-29(23(31)20-16(24)9-10-17(25)21(20)26)13-19-28-18-8-5-11-27-22(18)30(19)15-6-3-4-7-15;1-4-13-27-20(25-19-6-5-12-24-21(19)27)15-26(14-11-16(2)3)22(28)17-7-9-18(23)10-8-17;1-3-12-24(20(26)15-8-5-6-9-16(15)21)14-18-23-17-10-7-11-22-19(17)25(18)13-4-2/h5-15,19,23,31H,4,16-18,20-22H2,1-3H3;5,8-11,14-15H,3-4,6-7,12-13H2,1-2H3;5-10,12,16H,4,11,13-15H2,1-3H3;5-11H,3-4,12-14H2,1-2H3. The Balaban J connectivity index is 0.000000160. The van der Waals surface area contributed by atoms with Gasteiger partial charge in [-0.2, -0.15) is 0 Å². The van der Waals surface area contributed by atoms with Gasteiger partial charge in [-0.25, -0.2) is 57.4 Å². The number of pyridine rings is 4. The van der Waals surface area contributed by atoms with E-state index in [1.165, 1.54) is 22.6 Å². The van der Waals surface area contributed by atoms with Crippen LogP contribution in [0.5, 0.6) is 5.75 Å². The molecule has 122 heavy (non-hydrogen) atoms. The fraction of sp³-hybridized carbons (Fsp3) is 0.389. The smallest absolute Gasteiger partial charge is 0.260 e. The fourth-order valence-corrected chi connectivity index (χ4v) is 15.3. The van der Waals surface area contributed by atoms with Gasteiger partial charge in [-0.05, 0) is 184 Å². The zero-order valence-electron chi connectivity index (χ0n) is 71.6. The second-order valence-corrected chi connectivity index (χ2v) is 32.7. The van der Waals surface area contributed by atoms with Crippen molar-refractivity contribution in [3.63, 3.8) is 0 Å². The number of halogens is 5. The number of rotatable bonds is 34. The number of aryl methyl sites for hydroxylation is 3. The number of hydrogen-bond acceptors (Lipinski definition) is 14. The number of carbonyl (C=O) groups is 4. The van der Waals surface area contributed by atoms with Gasteiger partial charge in [0.25, 0.3) is 23.6 Å². The molecule has 8 aromatic heterocycles. The Hall–Kier alpha value is -11.6. The Morgan fingerprint density at radius 3 is 1.47 bits per heavy atom. The van der Waals surface area contributed by atoms with Crippen LogP contribution in [0, 0.1) is 41.0 Å². The molecule has 0 radical (unpaired) electrons. The number of carbonyl (C=O) groups excluding carboxylic acids is 4. The van der Waals surface area contributed by atoms with Crippen molar-refractivity contribution in [1.82, 2.24) is 83.1 Å². The quantitative estimate of drug-likeness (QED) is 0.0225. The van der Waals surface area contributed by atoms with Gasteiger partial charge >= 0.3 is 0 Å². The minimum absolute atomic E-state index is 0.0237. The topological polar surface area (TPSA) is 225 Å². The first kappa shape index (κ1) is 91.2. The monoisotopic (exact) mass is 1730 g/mol. The maximum atomic E-state index is 14.3. The summed E-state index contributed by atoms with van der Waals surface area (Å²) in [5.74, 6) is -0.762. The van der Waals surface area contributed by atoms with Crippen LogP contribution in [0.2, 0.25) is 0 Å². The molecule has 8 heterocycles. The fourth-order valence-electron chi connectivity index (χ4n) is 15.0. The van der Waals surface area contributed by atoms with E-state index < -0.39 is 34.7 Å². The molecule has 0 saturated heterocycles. The lowest BCUT2D eigenvalue weighted by Crippen LogP contribution is -2.36. The number of nitrogens with zero attached hydrogens (tertiary/aromatic N) is 16. The molecule has 13 aromatic rings. The molecule has 642 valence electrons. The summed E-state index contributed by atoms with van der Waals surface area (Å²) in [6.45, 7) is 28.7. The Kier molecular flexibility index (Phi) is 33.5. The van der Waals surface area contributed by atoms with Crippen LogP contribution in [-0.4, -0.2) is 141 Å². The first-order valence-corrected chi connectivity index (χ1v) is 43.4. The van der Waals surface area contributed by atoms with E-state index in [9.17, 15) is 36.7 Å². The summed E-state index contributed by atoms with van der Waals surface area (Å²) in [6, 6.07) is 48.2. The number of nitrogens with one attached hydrogen (secondary N) is 1. The maximum absolute atomic E-state index is 14.3. The van der Waals surface area contributed by atoms with Crippen molar-refractivity contribution in [2.45, 2.75) is 185 Å². The van der Waals surface area contributed by atoms with Gasteiger partial charge in [0, 0.05) is 105 Å². The van der Waals surface area contributed by atoms with Crippen LogP contribution in [0.1, 0.15) is 203 Å². The molecule has 0 aliphatic heterocycles. The van der Waals surface area contributed by atoms with Crippen molar-refractivity contribution in [3.05, 3.63) is 267 Å². The number of imidazole rings is 4. The van der Waals surface area contributed by atoms with E-state index in [1.807, 2.05) is 144 Å². The van der Waals surface area contributed by atoms with Crippen LogP contribution in [0.15, 0.2) is 193 Å². The van der Waals surface area contributed by atoms with Gasteiger partial charge in [0.15, 0.2) is 34.2 Å². The van der Waals surface area contributed by atoms with Gasteiger partial charge in [0.1, 0.15) is 74.9 Å².